The molecule has 0 saturated carbocycles. The van der Waals surface area contributed by atoms with Crippen molar-refractivity contribution >= 4 is 34.4 Å². The van der Waals surface area contributed by atoms with Crippen LogP contribution in [-0.2, 0) is 9.59 Å². The third-order valence-corrected chi connectivity index (χ3v) is 6.21. The Labute approximate surface area is 195 Å². The van der Waals surface area contributed by atoms with Gasteiger partial charge in [-0.25, -0.2) is 4.90 Å². The zero-order valence-electron chi connectivity index (χ0n) is 20.0. The van der Waals surface area contributed by atoms with Crippen LogP contribution >= 0.6 is 0 Å². The van der Waals surface area contributed by atoms with E-state index < -0.39 is 0 Å². The number of carbonyl (C=O) groups excluding carboxylic acids is 2. The molecule has 0 atom stereocenters. The van der Waals surface area contributed by atoms with Gasteiger partial charge in [-0.15, -0.1) is 0 Å². The van der Waals surface area contributed by atoms with Crippen LogP contribution in [0.25, 0.3) is 5.57 Å². The van der Waals surface area contributed by atoms with Gasteiger partial charge in [0.1, 0.15) is 5.70 Å². The zero-order chi connectivity index (χ0) is 23.9. The van der Waals surface area contributed by atoms with E-state index in [-0.39, 0.29) is 11.8 Å². The van der Waals surface area contributed by atoms with Crippen LogP contribution in [0.1, 0.15) is 27.8 Å². The molecule has 1 heterocycles. The van der Waals surface area contributed by atoms with E-state index in [4.69, 9.17) is 0 Å². The van der Waals surface area contributed by atoms with Gasteiger partial charge in [0.15, 0.2) is 0 Å². The number of aryl methyl sites for hydroxylation is 3. The first kappa shape index (κ1) is 22.3. The van der Waals surface area contributed by atoms with Crippen molar-refractivity contribution in [3.8, 4) is 0 Å². The second-order valence-corrected chi connectivity index (χ2v) is 8.80. The Balaban J connectivity index is 1.85. The fourth-order valence-corrected chi connectivity index (χ4v) is 4.17. The number of nitrogens with zero attached hydrogens (tertiary/aromatic N) is 2. The maximum Gasteiger partial charge on any atom is 0.282 e. The number of hydrogen-bond acceptors (Lipinski definition) is 4. The maximum atomic E-state index is 13.8. The molecule has 3 aromatic carbocycles. The molecule has 0 aromatic heterocycles. The van der Waals surface area contributed by atoms with Crippen LogP contribution < -0.4 is 15.1 Å². The fraction of sp³-hybridized carbons (Fsp3) is 0.214. The van der Waals surface area contributed by atoms with E-state index in [1.54, 1.807) is 0 Å². The molecule has 1 aliphatic rings. The fourth-order valence-electron chi connectivity index (χ4n) is 4.17. The molecule has 1 N–H and O–H groups in total. The zero-order valence-corrected chi connectivity index (χ0v) is 20.0. The van der Waals surface area contributed by atoms with Crippen LogP contribution in [0.3, 0.4) is 0 Å². The molecule has 2 amide bonds. The third kappa shape index (κ3) is 4.02. The number of amides is 2. The minimum absolute atomic E-state index is 0.297. The number of imide groups is 1. The van der Waals surface area contributed by atoms with Crippen molar-refractivity contribution in [3.05, 3.63) is 94.2 Å². The minimum atomic E-state index is -0.347. The average Bonchev–Trinajstić information content (AvgIpc) is 3.00. The van der Waals surface area contributed by atoms with Gasteiger partial charge in [0.05, 0.1) is 11.3 Å². The summed E-state index contributed by atoms with van der Waals surface area (Å²) in [6.07, 6.45) is 0. The van der Waals surface area contributed by atoms with Gasteiger partial charge in [-0.1, -0.05) is 35.9 Å². The van der Waals surface area contributed by atoms with Gasteiger partial charge in [-0.2, -0.15) is 0 Å². The molecule has 5 nitrogen and oxygen atoms in total. The molecule has 5 heteroatoms. The van der Waals surface area contributed by atoms with Crippen LogP contribution in [0, 0.1) is 27.7 Å². The second-order valence-electron chi connectivity index (χ2n) is 8.80. The summed E-state index contributed by atoms with van der Waals surface area (Å²) in [6.45, 7) is 7.90. The predicted octanol–water partition coefficient (Wildman–Crippen LogP) is 5.38. The molecule has 1 aliphatic heterocycles. The van der Waals surface area contributed by atoms with Gasteiger partial charge in [-0.3, -0.25) is 9.59 Å². The number of hydrogen-bond donors (Lipinski definition) is 1. The van der Waals surface area contributed by atoms with Gasteiger partial charge in [0.25, 0.3) is 11.8 Å². The number of benzene rings is 3. The Kier molecular flexibility index (Phi) is 5.81. The number of carbonyl (C=O) groups is 2. The highest BCUT2D eigenvalue weighted by atomic mass is 16.2. The van der Waals surface area contributed by atoms with E-state index in [0.29, 0.717) is 17.0 Å². The molecule has 3 aromatic rings. The second kappa shape index (κ2) is 8.58. The highest BCUT2D eigenvalue weighted by Crippen LogP contribution is 2.37. The average molecular weight is 440 g/mol. The summed E-state index contributed by atoms with van der Waals surface area (Å²) in [5, 5.41) is 3.26. The summed E-state index contributed by atoms with van der Waals surface area (Å²) >= 11 is 0. The monoisotopic (exact) mass is 439 g/mol. The van der Waals surface area contributed by atoms with Gasteiger partial charge in [0, 0.05) is 25.5 Å². The molecule has 0 aliphatic carbocycles. The molecule has 4 rings (SSSR count). The lowest BCUT2D eigenvalue weighted by atomic mass is 9.97. The van der Waals surface area contributed by atoms with Crippen LogP contribution in [0.4, 0.5) is 17.1 Å². The van der Waals surface area contributed by atoms with E-state index in [9.17, 15) is 9.59 Å². The lowest BCUT2D eigenvalue weighted by Gasteiger charge is -2.19. The summed E-state index contributed by atoms with van der Waals surface area (Å²) in [5.41, 5.74) is 7.88. The third-order valence-electron chi connectivity index (χ3n) is 6.21. The lowest BCUT2D eigenvalue weighted by molar-refractivity contribution is -0.120. The van der Waals surface area contributed by atoms with Crippen LogP contribution in [0.2, 0.25) is 0 Å². The Morgan fingerprint density at radius 2 is 1.48 bits per heavy atom. The van der Waals surface area contributed by atoms with E-state index in [1.807, 2.05) is 107 Å². The SMILES string of the molecule is Cc1ccc(C2=C(Nc3ccc(N(C)C)cc3)C(=O)N(c3cccc(C)c3C)C2=O)c(C)c1. The Morgan fingerprint density at radius 3 is 2.12 bits per heavy atom. The van der Waals surface area contributed by atoms with E-state index in [2.05, 4.69) is 5.32 Å². The summed E-state index contributed by atoms with van der Waals surface area (Å²) in [7, 11) is 3.95. The Morgan fingerprint density at radius 1 is 0.788 bits per heavy atom. The first-order valence-electron chi connectivity index (χ1n) is 11.0. The molecule has 0 radical (unpaired) electrons. The van der Waals surface area contributed by atoms with Crippen molar-refractivity contribution in [1.82, 2.24) is 0 Å². The van der Waals surface area contributed by atoms with Crippen LogP contribution in [-0.4, -0.2) is 25.9 Å². The molecule has 168 valence electrons. The Hall–Kier alpha value is -3.86. The summed E-state index contributed by atoms with van der Waals surface area (Å²) in [4.78, 5) is 30.8. The van der Waals surface area contributed by atoms with Gasteiger partial charge >= 0.3 is 0 Å². The largest absolute Gasteiger partial charge is 0.378 e. The van der Waals surface area contributed by atoms with E-state index >= 15 is 0 Å². The molecular formula is C28H29N3O2. The summed E-state index contributed by atoms with van der Waals surface area (Å²) < 4.78 is 0. The highest BCUT2D eigenvalue weighted by Gasteiger charge is 2.41. The number of nitrogens with one attached hydrogen (secondary N) is 1. The summed E-state index contributed by atoms with van der Waals surface area (Å²) in [5.74, 6) is -0.659. The highest BCUT2D eigenvalue weighted by molar-refractivity contribution is 6.46. The number of rotatable bonds is 5. The van der Waals surface area contributed by atoms with Crippen molar-refractivity contribution in [3.63, 3.8) is 0 Å². The summed E-state index contributed by atoms with van der Waals surface area (Å²) in [6, 6.07) is 19.4. The molecular weight excluding hydrogens is 410 g/mol. The van der Waals surface area contributed by atoms with Gasteiger partial charge < -0.3 is 10.2 Å². The van der Waals surface area contributed by atoms with Crippen LogP contribution in [0.15, 0.2) is 66.4 Å². The van der Waals surface area contributed by atoms with E-state index in [0.717, 1.165) is 39.2 Å². The van der Waals surface area contributed by atoms with Gasteiger partial charge in [-0.05, 0) is 80.3 Å². The minimum Gasteiger partial charge on any atom is -0.378 e. The number of anilines is 3. The molecule has 0 bridgehead atoms. The Bertz CT molecular complexity index is 1290. The lowest BCUT2D eigenvalue weighted by Crippen LogP contribution is -2.33. The quantitative estimate of drug-likeness (QED) is 0.542. The standard InChI is InChI=1S/C28H29N3O2/c1-17-10-15-23(19(3)16-17)25-26(29-21-11-13-22(14-12-21)30(5)6)28(33)31(27(25)32)24-9-7-8-18(2)20(24)4/h7-16,29H,1-6H3. The van der Waals surface area contributed by atoms with Crippen molar-refractivity contribution in [2.75, 3.05) is 29.2 Å². The van der Waals surface area contributed by atoms with Crippen molar-refractivity contribution in [2.24, 2.45) is 0 Å². The molecule has 0 fully saturated rings. The van der Waals surface area contributed by atoms with Crippen molar-refractivity contribution in [1.29, 1.82) is 0 Å². The van der Waals surface area contributed by atoms with Crippen molar-refractivity contribution < 1.29 is 9.59 Å². The predicted molar refractivity (Wildman–Crippen MR) is 136 cm³/mol. The van der Waals surface area contributed by atoms with Crippen LogP contribution in [0.5, 0.6) is 0 Å². The first-order valence-corrected chi connectivity index (χ1v) is 11.0. The normalized spacial score (nSPS) is 13.7. The van der Waals surface area contributed by atoms with E-state index in [1.165, 1.54) is 4.90 Å². The van der Waals surface area contributed by atoms with Gasteiger partial charge in [0.2, 0.25) is 0 Å². The first-order chi connectivity index (χ1) is 15.7. The maximum absolute atomic E-state index is 13.8. The van der Waals surface area contributed by atoms with Crippen molar-refractivity contribution in [2.45, 2.75) is 27.7 Å². The molecule has 0 saturated heterocycles. The topological polar surface area (TPSA) is 52.7 Å². The molecule has 0 unspecified atom stereocenters. The smallest absolute Gasteiger partial charge is 0.282 e. The molecule has 0 spiro atoms. The molecule has 33 heavy (non-hydrogen) atoms.